The fraction of sp³-hybridized carbons (Fsp3) is 0.333. The van der Waals surface area contributed by atoms with Crippen LogP contribution in [-0.4, -0.2) is 35.9 Å². The molecule has 1 aromatic carbocycles. The normalized spacial score (nSPS) is 12.5. The first kappa shape index (κ1) is 18.8. The van der Waals surface area contributed by atoms with Crippen LogP contribution in [0.1, 0.15) is 33.0 Å². The van der Waals surface area contributed by atoms with Gasteiger partial charge in [-0.3, -0.25) is 9.48 Å². The minimum atomic E-state index is -0.221. The largest absolute Gasteiger partial charge is 0.455 e. The Kier molecular flexibility index (Phi) is 5.24. The Labute approximate surface area is 168 Å². The van der Waals surface area contributed by atoms with Crippen LogP contribution in [0.4, 0.5) is 0 Å². The third-order valence-corrected chi connectivity index (χ3v) is 5.37. The first-order chi connectivity index (χ1) is 13.6. The predicted octanol–water partition coefficient (Wildman–Crippen LogP) is 3.63. The van der Waals surface area contributed by atoms with Crippen molar-refractivity contribution >= 4 is 17.5 Å². The number of carbonyl (C=O) groups excluding carboxylic acids is 1. The Morgan fingerprint density at radius 3 is 2.96 bits per heavy atom. The molecule has 7 heteroatoms. The summed E-state index contributed by atoms with van der Waals surface area (Å²) in [5.41, 5.74) is 4.84. The molecule has 0 aliphatic heterocycles. The van der Waals surface area contributed by atoms with E-state index >= 15 is 0 Å². The number of hydrogen-bond acceptors (Lipinski definition) is 4. The van der Waals surface area contributed by atoms with E-state index in [0.717, 1.165) is 51.6 Å². The molecule has 1 amide bonds. The van der Waals surface area contributed by atoms with Crippen LogP contribution in [0.25, 0.3) is 11.3 Å². The van der Waals surface area contributed by atoms with E-state index in [-0.39, 0.29) is 5.91 Å². The highest BCUT2D eigenvalue weighted by Crippen LogP contribution is 2.38. The Balaban J connectivity index is 1.63. The number of halogens is 1. The number of carbonyl (C=O) groups is 1. The third-order valence-electron chi connectivity index (χ3n) is 5.00. The van der Waals surface area contributed by atoms with Crippen LogP contribution in [0.3, 0.4) is 0 Å². The van der Waals surface area contributed by atoms with Crippen molar-refractivity contribution in [3.8, 4) is 11.3 Å². The van der Waals surface area contributed by atoms with E-state index in [0.29, 0.717) is 25.5 Å². The van der Waals surface area contributed by atoms with E-state index < -0.39 is 0 Å². The lowest BCUT2D eigenvalue weighted by Gasteiger charge is -2.09. The summed E-state index contributed by atoms with van der Waals surface area (Å²) >= 11 is 6.29. The first-order valence-electron chi connectivity index (χ1n) is 9.28. The van der Waals surface area contributed by atoms with Crippen LogP contribution < -0.4 is 5.32 Å². The van der Waals surface area contributed by atoms with Crippen molar-refractivity contribution in [3.63, 3.8) is 0 Å². The summed E-state index contributed by atoms with van der Waals surface area (Å²) in [5.74, 6) is 0.959. The van der Waals surface area contributed by atoms with E-state index in [2.05, 4.69) is 11.5 Å². The molecular weight excluding hydrogens is 378 g/mol. The van der Waals surface area contributed by atoms with Crippen molar-refractivity contribution in [1.82, 2.24) is 15.1 Å². The van der Waals surface area contributed by atoms with E-state index in [4.69, 9.17) is 25.9 Å². The van der Waals surface area contributed by atoms with Gasteiger partial charge in [-0.1, -0.05) is 29.8 Å². The highest BCUT2D eigenvalue weighted by Gasteiger charge is 2.29. The van der Waals surface area contributed by atoms with Crippen molar-refractivity contribution in [1.29, 1.82) is 0 Å². The van der Waals surface area contributed by atoms with Crippen molar-refractivity contribution in [2.75, 3.05) is 20.3 Å². The molecule has 0 bridgehead atoms. The zero-order valence-electron chi connectivity index (χ0n) is 15.9. The summed E-state index contributed by atoms with van der Waals surface area (Å²) in [6.45, 7) is 3.42. The fourth-order valence-corrected chi connectivity index (χ4v) is 3.80. The van der Waals surface area contributed by atoms with Gasteiger partial charge in [0.2, 0.25) is 0 Å². The molecule has 0 unspecified atom stereocenters. The molecule has 28 heavy (non-hydrogen) atoms. The Bertz CT molecular complexity index is 1020. The number of fused-ring (bicyclic) bond motifs is 3. The van der Waals surface area contributed by atoms with E-state index in [9.17, 15) is 4.79 Å². The summed E-state index contributed by atoms with van der Waals surface area (Å²) in [6, 6.07) is 7.77. The second-order valence-electron chi connectivity index (χ2n) is 6.89. The fourth-order valence-electron chi connectivity index (χ4n) is 3.61. The maximum Gasteiger partial charge on any atom is 0.287 e. The maximum absolute atomic E-state index is 12.5. The van der Waals surface area contributed by atoms with Crippen LogP contribution in [0.15, 0.2) is 34.9 Å². The third kappa shape index (κ3) is 3.45. The zero-order valence-corrected chi connectivity index (χ0v) is 16.7. The van der Waals surface area contributed by atoms with Gasteiger partial charge in [-0.25, -0.2) is 0 Å². The molecule has 6 nitrogen and oxygen atoms in total. The molecule has 1 aliphatic rings. The van der Waals surface area contributed by atoms with Crippen LogP contribution in [0, 0.1) is 6.92 Å². The first-order valence-corrected chi connectivity index (χ1v) is 9.65. The van der Waals surface area contributed by atoms with E-state index in [1.54, 1.807) is 7.11 Å². The van der Waals surface area contributed by atoms with Gasteiger partial charge in [0.15, 0.2) is 5.76 Å². The van der Waals surface area contributed by atoms with Gasteiger partial charge in [0.25, 0.3) is 5.91 Å². The van der Waals surface area contributed by atoms with Gasteiger partial charge in [-0.2, -0.15) is 5.10 Å². The minimum absolute atomic E-state index is 0.221. The smallest absolute Gasteiger partial charge is 0.287 e. The number of nitrogens with one attached hydrogen (secondary N) is 1. The standard InChI is InChI=1S/C21H22ClN3O3/c1-13-18-17(28-20(13)21(26)23-9-10-27-2)8-7-15-12-25(24-19(15)18)11-14-5-3-4-6-16(14)22/h3-6,12H,7-11H2,1-2H3,(H,23,26). The van der Waals surface area contributed by atoms with Crippen LogP contribution >= 0.6 is 11.6 Å². The summed E-state index contributed by atoms with van der Waals surface area (Å²) in [7, 11) is 1.60. The average molecular weight is 400 g/mol. The molecule has 0 fully saturated rings. The lowest BCUT2D eigenvalue weighted by molar-refractivity contribution is 0.0907. The number of benzene rings is 1. The summed E-state index contributed by atoms with van der Waals surface area (Å²) in [4.78, 5) is 12.5. The number of rotatable bonds is 6. The predicted molar refractivity (Wildman–Crippen MR) is 107 cm³/mol. The molecule has 0 spiro atoms. The molecule has 1 aliphatic carbocycles. The highest BCUT2D eigenvalue weighted by atomic mass is 35.5. The van der Waals surface area contributed by atoms with Gasteiger partial charge in [0.1, 0.15) is 5.76 Å². The van der Waals surface area contributed by atoms with Gasteiger partial charge < -0.3 is 14.5 Å². The molecule has 1 N–H and O–H groups in total. The molecule has 0 radical (unpaired) electrons. The van der Waals surface area contributed by atoms with Crippen molar-refractivity contribution in [2.24, 2.45) is 0 Å². The summed E-state index contributed by atoms with van der Waals surface area (Å²) in [6.07, 6.45) is 3.65. The summed E-state index contributed by atoms with van der Waals surface area (Å²) in [5, 5.41) is 8.33. The Morgan fingerprint density at radius 1 is 1.36 bits per heavy atom. The maximum atomic E-state index is 12.5. The van der Waals surface area contributed by atoms with Crippen molar-refractivity contribution < 1.29 is 13.9 Å². The SMILES string of the molecule is COCCNC(=O)c1oc2c(c1C)-c1nn(Cc3ccccc3Cl)cc1CC2. The lowest BCUT2D eigenvalue weighted by atomic mass is 9.93. The van der Waals surface area contributed by atoms with Crippen molar-refractivity contribution in [3.05, 3.63) is 63.7 Å². The minimum Gasteiger partial charge on any atom is -0.455 e. The van der Waals surface area contributed by atoms with Crippen LogP contribution in [-0.2, 0) is 24.1 Å². The lowest BCUT2D eigenvalue weighted by Crippen LogP contribution is -2.27. The number of amides is 1. The van der Waals surface area contributed by atoms with Gasteiger partial charge in [-0.05, 0) is 30.5 Å². The molecule has 146 valence electrons. The molecule has 4 rings (SSSR count). The molecule has 0 saturated heterocycles. The monoisotopic (exact) mass is 399 g/mol. The van der Waals surface area contributed by atoms with E-state index in [1.165, 1.54) is 0 Å². The molecule has 2 aromatic heterocycles. The number of aromatic nitrogens is 2. The molecule has 2 heterocycles. The second-order valence-corrected chi connectivity index (χ2v) is 7.30. The highest BCUT2D eigenvalue weighted by molar-refractivity contribution is 6.31. The van der Waals surface area contributed by atoms with Crippen molar-refractivity contribution in [2.45, 2.75) is 26.3 Å². The van der Waals surface area contributed by atoms with Gasteiger partial charge >= 0.3 is 0 Å². The molecular formula is C21H22ClN3O3. The molecule has 0 saturated carbocycles. The number of ether oxygens (including phenoxy) is 1. The van der Waals surface area contributed by atoms with Crippen LogP contribution in [0.2, 0.25) is 5.02 Å². The van der Waals surface area contributed by atoms with Crippen LogP contribution in [0.5, 0.6) is 0 Å². The molecule has 0 atom stereocenters. The van der Waals surface area contributed by atoms with Gasteiger partial charge in [0, 0.05) is 42.4 Å². The number of furan rings is 1. The topological polar surface area (TPSA) is 69.3 Å². The zero-order chi connectivity index (χ0) is 19.7. The average Bonchev–Trinajstić information content (AvgIpc) is 3.24. The number of aryl methyl sites for hydroxylation is 2. The quantitative estimate of drug-likeness (QED) is 0.642. The second kappa shape index (κ2) is 7.81. The number of methoxy groups -OCH3 is 1. The number of hydrogen-bond donors (Lipinski definition) is 1. The molecule has 3 aromatic rings. The Hall–Kier alpha value is -2.57. The van der Waals surface area contributed by atoms with E-state index in [1.807, 2.05) is 35.9 Å². The van der Waals surface area contributed by atoms with Gasteiger partial charge in [0.05, 0.1) is 18.8 Å². The number of nitrogens with zero attached hydrogens (tertiary/aromatic N) is 2. The van der Waals surface area contributed by atoms with Gasteiger partial charge in [-0.15, -0.1) is 0 Å². The Morgan fingerprint density at radius 2 is 2.18 bits per heavy atom. The summed E-state index contributed by atoms with van der Waals surface area (Å²) < 4.78 is 12.8.